The molecule has 3 rings (SSSR count). The van der Waals surface area contributed by atoms with Crippen LogP contribution >= 0.6 is 22.7 Å². The Hall–Kier alpha value is -1.45. The Bertz CT molecular complexity index is 574. The van der Waals surface area contributed by atoms with E-state index in [9.17, 15) is 4.79 Å². The van der Waals surface area contributed by atoms with Crippen LogP contribution in [0, 0.1) is 0 Å². The highest BCUT2D eigenvalue weighted by atomic mass is 32.1. The molecule has 2 aromatic heterocycles. The van der Waals surface area contributed by atoms with Crippen LogP contribution in [0.4, 0.5) is 0 Å². The van der Waals surface area contributed by atoms with Gasteiger partial charge in [-0.25, -0.2) is 0 Å². The molecule has 2 heterocycles. The van der Waals surface area contributed by atoms with Gasteiger partial charge >= 0.3 is 0 Å². The summed E-state index contributed by atoms with van der Waals surface area (Å²) in [5, 5.41) is 4.10. The molecule has 0 unspecified atom stereocenters. The van der Waals surface area contributed by atoms with Crippen LogP contribution in [0.25, 0.3) is 12.2 Å². The number of thiophene rings is 2. The van der Waals surface area contributed by atoms with Crippen molar-refractivity contribution in [3.05, 3.63) is 55.9 Å². The van der Waals surface area contributed by atoms with Crippen molar-refractivity contribution in [1.82, 2.24) is 0 Å². The van der Waals surface area contributed by atoms with Crippen molar-refractivity contribution in [2.45, 2.75) is 25.7 Å². The quantitative estimate of drug-likeness (QED) is 0.534. The number of rotatable bonds is 2. The highest BCUT2D eigenvalue weighted by molar-refractivity contribution is 7.11. The van der Waals surface area contributed by atoms with E-state index in [0.717, 1.165) is 36.8 Å². The van der Waals surface area contributed by atoms with E-state index in [4.69, 9.17) is 0 Å². The zero-order chi connectivity index (χ0) is 13.8. The number of hydrogen-bond acceptors (Lipinski definition) is 3. The molecule has 0 atom stereocenters. The maximum atomic E-state index is 12.7. The number of hydrogen-bond donors (Lipinski definition) is 0. The molecule has 1 nitrogen and oxygen atoms in total. The number of carbonyl (C=O) groups is 1. The largest absolute Gasteiger partial charge is 0.289 e. The summed E-state index contributed by atoms with van der Waals surface area (Å²) < 4.78 is 0. The topological polar surface area (TPSA) is 17.1 Å². The summed E-state index contributed by atoms with van der Waals surface area (Å²) in [6, 6.07) is 8.19. The Kier molecular flexibility index (Phi) is 4.28. The number of ketones is 1. The van der Waals surface area contributed by atoms with E-state index in [1.165, 1.54) is 9.75 Å². The van der Waals surface area contributed by atoms with Crippen LogP contribution in [-0.2, 0) is 4.79 Å². The number of allylic oxidation sites excluding steroid dienone is 2. The van der Waals surface area contributed by atoms with Gasteiger partial charge in [0.1, 0.15) is 0 Å². The molecule has 0 aliphatic heterocycles. The van der Waals surface area contributed by atoms with Crippen LogP contribution in [0.1, 0.15) is 35.4 Å². The summed E-state index contributed by atoms with van der Waals surface area (Å²) in [5.74, 6) is 0.240. The highest BCUT2D eigenvalue weighted by Crippen LogP contribution is 2.28. The second-order valence-corrected chi connectivity index (χ2v) is 6.86. The first kappa shape index (κ1) is 13.5. The Morgan fingerprint density at radius 1 is 0.850 bits per heavy atom. The lowest BCUT2D eigenvalue weighted by atomic mass is 10.0. The van der Waals surface area contributed by atoms with Crippen molar-refractivity contribution in [2.24, 2.45) is 0 Å². The summed E-state index contributed by atoms with van der Waals surface area (Å²) in [5.41, 5.74) is 1.93. The molecule has 0 saturated heterocycles. The molecule has 0 spiro atoms. The zero-order valence-corrected chi connectivity index (χ0v) is 12.8. The van der Waals surface area contributed by atoms with E-state index in [0.29, 0.717) is 0 Å². The number of Topliss-reactive ketones (excluding diaryl/α,β-unsaturated/α-hetero) is 1. The Labute approximate surface area is 127 Å². The zero-order valence-electron chi connectivity index (χ0n) is 11.2. The maximum Gasteiger partial charge on any atom is 0.185 e. The van der Waals surface area contributed by atoms with Gasteiger partial charge in [0, 0.05) is 20.9 Å². The average Bonchev–Trinajstić information content (AvgIpc) is 3.10. The standard InChI is InChI=1S/C17H16OS2/c18-17-13(11-15-7-3-9-19-15)5-1-2-6-14(17)12-16-8-4-10-20-16/h3-4,7-12H,1-2,5-6H2/b13-11-,14-12+. The van der Waals surface area contributed by atoms with Gasteiger partial charge in [-0.05, 0) is 60.7 Å². The minimum atomic E-state index is 0.240. The van der Waals surface area contributed by atoms with Crippen molar-refractivity contribution in [3.63, 3.8) is 0 Å². The van der Waals surface area contributed by atoms with Gasteiger partial charge in [-0.15, -0.1) is 22.7 Å². The lowest BCUT2D eigenvalue weighted by molar-refractivity contribution is -0.112. The van der Waals surface area contributed by atoms with Crippen molar-refractivity contribution in [3.8, 4) is 0 Å². The molecule has 1 fully saturated rings. The third-order valence-electron chi connectivity index (χ3n) is 3.44. The van der Waals surface area contributed by atoms with Crippen molar-refractivity contribution < 1.29 is 4.79 Å². The first-order valence-corrected chi connectivity index (χ1v) is 8.62. The molecular weight excluding hydrogens is 284 g/mol. The molecule has 0 aromatic carbocycles. The van der Waals surface area contributed by atoms with Gasteiger partial charge in [0.25, 0.3) is 0 Å². The first-order valence-electron chi connectivity index (χ1n) is 6.86. The van der Waals surface area contributed by atoms with E-state index < -0.39 is 0 Å². The van der Waals surface area contributed by atoms with Crippen LogP contribution in [-0.4, -0.2) is 5.78 Å². The van der Waals surface area contributed by atoms with Gasteiger partial charge in [0.15, 0.2) is 5.78 Å². The summed E-state index contributed by atoms with van der Waals surface area (Å²) in [7, 11) is 0. The third kappa shape index (κ3) is 3.17. The first-order chi connectivity index (χ1) is 9.83. The minimum absolute atomic E-state index is 0.240. The van der Waals surface area contributed by atoms with E-state index in [2.05, 4.69) is 35.0 Å². The summed E-state index contributed by atoms with van der Waals surface area (Å²) in [4.78, 5) is 15.0. The third-order valence-corrected chi connectivity index (χ3v) is 5.08. The van der Waals surface area contributed by atoms with Crippen LogP contribution in [0.5, 0.6) is 0 Å². The number of carbonyl (C=O) groups excluding carboxylic acids is 1. The predicted molar refractivity (Wildman–Crippen MR) is 88.1 cm³/mol. The average molecular weight is 300 g/mol. The molecule has 1 aliphatic rings. The summed E-state index contributed by atoms with van der Waals surface area (Å²) in [6.45, 7) is 0. The highest BCUT2D eigenvalue weighted by Gasteiger charge is 2.19. The molecule has 3 heteroatoms. The van der Waals surface area contributed by atoms with Crippen molar-refractivity contribution in [2.75, 3.05) is 0 Å². The Morgan fingerprint density at radius 3 is 1.75 bits per heavy atom. The SMILES string of the molecule is O=C1/C(=C\c2cccs2)CCCC/C1=C\c1cccs1. The molecule has 0 amide bonds. The minimum Gasteiger partial charge on any atom is -0.289 e. The van der Waals surface area contributed by atoms with Gasteiger partial charge < -0.3 is 0 Å². The van der Waals surface area contributed by atoms with Gasteiger partial charge in [0.2, 0.25) is 0 Å². The molecule has 0 bridgehead atoms. The van der Waals surface area contributed by atoms with Gasteiger partial charge in [-0.1, -0.05) is 12.1 Å². The van der Waals surface area contributed by atoms with Gasteiger partial charge in [-0.3, -0.25) is 4.79 Å². The van der Waals surface area contributed by atoms with E-state index in [1.54, 1.807) is 22.7 Å². The van der Waals surface area contributed by atoms with Crippen LogP contribution in [0.15, 0.2) is 46.2 Å². The van der Waals surface area contributed by atoms with E-state index in [-0.39, 0.29) is 5.78 Å². The molecule has 102 valence electrons. The molecule has 1 aliphatic carbocycles. The smallest absolute Gasteiger partial charge is 0.185 e. The lowest BCUT2D eigenvalue weighted by Gasteiger charge is -2.04. The van der Waals surface area contributed by atoms with Gasteiger partial charge in [0.05, 0.1) is 0 Å². The molecule has 1 saturated carbocycles. The van der Waals surface area contributed by atoms with Crippen molar-refractivity contribution in [1.29, 1.82) is 0 Å². The monoisotopic (exact) mass is 300 g/mol. The van der Waals surface area contributed by atoms with Crippen molar-refractivity contribution >= 4 is 40.6 Å². The normalized spacial score (nSPS) is 20.5. The fraction of sp³-hybridized carbons (Fsp3) is 0.235. The van der Waals surface area contributed by atoms with E-state index >= 15 is 0 Å². The van der Waals surface area contributed by atoms with Crippen LogP contribution < -0.4 is 0 Å². The lowest BCUT2D eigenvalue weighted by Crippen LogP contribution is -2.03. The molecule has 2 aromatic rings. The summed E-state index contributed by atoms with van der Waals surface area (Å²) in [6.07, 6.45) is 8.15. The fourth-order valence-electron chi connectivity index (χ4n) is 2.43. The second kappa shape index (κ2) is 6.33. The Balaban J connectivity index is 1.91. The Morgan fingerprint density at radius 2 is 1.35 bits per heavy atom. The molecular formula is C17H16OS2. The van der Waals surface area contributed by atoms with Gasteiger partial charge in [-0.2, -0.15) is 0 Å². The predicted octanol–water partition coefficient (Wildman–Crippen LogP) is 5.42. The molecule has 0 radical (unpaired) electrons. The van der Waals surface area contributed by atoms with Crippen LogP contribution in [0.2, 0.25) is 0 Å². The van der Waals surface area contributed by atoms with E-state index in [1.807, 2.05) is 12.1 Å². The second-order valence-electron chi connectivity index (χ2n) is 4.91. The van der Waals surface area contributed by atoms with Crippen LogP contribution in [0.3, 0.4) is 0 Å². The summed E-state index contributed by atoms with van der Waals surface area (Å²) >= 11 is 3.37. The molecule has 20 heavy (non-hydrogen) atoms. The fourth-order valence-corrected chi connectivity index (χ4v) is 3.79. The maximum absolute atomic E-state index is 12.7. The molecule has 0 N–H and O–H groups in total.